The number of fused-ring (bicyclic) bond motifs is 1. The summed E-state index contributed by atoms with van der Waals surface area (Å²) in [5.41, 5.74) is 2.90. The second-order valence-electron chi connectivity index (χ2n) is 8.09. The molecule has 8 nitrogen and oxygen atoms in total. The molecule has 1 saturated heterocycles. The van der Waals surface area contributed by atoms with Crippen LogP contribution in [0.3, 0.4) is 0 Å². The second-order valence-corrected chi connectivity index (χ2v) is 10.0. The molecule has 0 unspecified atom stereocenters. The molecule has 35 heavy (non-hydrogen) atoms. The van der Waals surface area contributed by atoms with E-state index in [1.54, 1.807) is 36.5 Å². The van der Waals surface area contributed by atoms with Crippen LogP contribution in [0.25, 0.3) is 22.3 Å². The molecule has 0 atom stereocenters. The number of ether oxygens (including phenoxy) is 1. The molecule has 0 aliphatic carbocycles. The molecule has 0 radical (unpaired) electrons. The smallest absolute Gasteiger partial charge is 0.252 e. The average molecular weight is 489 g/mol. The van der Waals surface area contributed by atoms with E-state index in [1.165, 1.54) is 4.31 Å². The van der Waals surface area contributed by atoms with Crippen LogP contribution in [0.2, 0.25) is 0 Å². The maximum atomic E-state index is 13.3. The Bertz CT molecular complexity index is 1470. The van der Waals surface area contributed by atoms with Gasteiger partial charge in [0.05, 0.1) is 40.6 Å². The molecule has 1 aliphatic rings. The molecule has 1 amide bonds. The van der Waals surface area contributed by atoms with Gasteiger partial charge in [-0.25, -0.2) is 13.4 Å². The Morgan fingerprint density at radius 2 is 1.69 bits per heavy atom. The van der Waals surface area contributed by atoms with Gasteiger partial charge in [0.1, 0.15) is 0 Å². The van der Waals surface area contributed by atoms with Crippen molar-refractivity contribution >= 4 is 26.8 Å². The number of para-hydroxylation sites is 1. The summed E-state index contributed by atoms with van der Waals surface area (Å²) in [7, 11) is -3.70. The Kier molecular flexibility index (Phi) is 6.54. The molecule has 0 spiro atoms. The van der Waals surface area contributed by atoms with Crippen LogP contribution in [-0.4, -0.2) is 54.9 Å². The Morgan fingerprint density at radius 3 is 2.49 bits per heavy atom. The van der Waals surface area contributed by atoms with Gasteiger partial charge in [-0.1, -0.05) is 42.5 Å². The highest BCUT2D eigenvalue weighted by molar-refractivity contribution is 7.89. The fourth-order valence-corrected chi connectivity index (χ4v) is 5.74. The van der Waals surface area contributed by atoms with E-state index in [1.807, 2.05) is 42.5 Å². The zero-order chi connectivity index (χ0) is 24.3. The first-order chi connectivity index (χ1) is 17.0. The molecule has 5 rings (SSSR count). The molecule has 2 aromatic heterocycles. The van der Waals surface area contributed by atoms with E-state index in [-0.39, 0.29) is 17.3 Å². The van der Waals surface area contributed by atoms with E-state index in [9.17, 15) is 13.2 Å². The van der Waals surface area contributed by atoms with Crippen molar-refractivity contribution in [3.05, 3.63) is 90.1 Å². The van der Waals surface area contributed by atoms with Gasteiger partial charge in [-0.15, -0.1) is 0 Å². The van der Waals surface area contributed by atoms with Crippen LogP contribution in [0.4, 0.5) is 0 Å². The summed E-state index contributed by atoms with van der Waals surface area (Å²) in [6, 6.07) is 21.4. The van der Waals surface area contributed by atoms with E-state index in [2.05, 4.69) is 15.3 Å². The Morgan fingerprint density at radius 1 is 0.943 bits per heavy atom. The molecule has 2 aromatic carbocycles. The number of amides is 1. The highest BCUT2D eigenvalue weighted by Gasteiger charge is 2.28. The quantitative estimate of drug-likeness (QED) is 0.447. The van der Waals surface area contributed by atoms with Crippen molar-refractivity contribution in [3.63, 3.8) is 0 Å². The van der Waals surface area contributed by atoms with Crippen molar-refractivity contribution in [2.24, 2.45) is 0 Å². The van der Waals surface area contributed by atoms with Crippen LogP contribution < -0.4 is 5.32 Å². The van der Waals surface area contributed by atoms with Crippen LogP contribution in [0.15, 0.2) is 83.9 Å². The van der Waals surface area contributed by atoms with Crippen molar-refractivity contribution in [3.8, 4) is 11.4 Å². The third kappa shape index (κ3) is 4.79. The number of sulfonamides is 1. The minimum Gasteiger partial charge on any atom is -0.379 e. The van der Waals surface area contributed by atoms with E-state index in [0.29, 0.717) is 59.7 Å². The Labute approximate surface area is 203 Å². The van der Waals surface area contributed by atoms with Gasteiger partial charge < -0.3 is 10.1 Å². The van der Waals surface area contributed by atoms with Crippen LogP contribution in [0.1, 0.15) is 15.9 Å². The summed E-state index contributed by atoms with van der Waals surface area (Å²) < 4.78 is 33.2. The second kappa shape index (κ2) is 9.91. The molecule has 9 heteroatoms. The highest BCUT2D eigenvalue weighted by atomic mass is 32.2. The number of nitrogens with zero attached hydrogens (tertiary/aromatic N) is 3. The fourth-order valence-electron chi connectivity index (χ4n) is 4.11. The minimum absolute atomic E-state index is 0.0636. The van der Waals surface area contributed by atoms with Crippen LogP contribution in [0.5, 0.6) is 0 Å². The minimum atomic E-state index is -3.70. The molecule has 178 valence electrons. The van der Waals surface area contributed by atoms with E-state index in [4.69, 9.17) is 4.74 Å². The number of pyridine rings is 2. The number of hydrogen-bond acceptors (Lipinski definition) is 6. The third-order valence-electron chi connectivity index (χ3n) is 5.89. The number of aromatic nitrogens is 2. The number of carbonyl (C=O) groups excluding carboxylic acids is 1. The summed E-state index contributed by atoms with van der Waals surface area (Å²) in [5.74, 6) is -0.320. The van der Waals surface area contributed by atoms with Crippen molar-refractivity contribution in [1.82, 2.24) is 19.6 Å². The van der Waals surface area contributed by atoms with Gasteiger partial charge in [-0.3, -0.25) is 9.78 Å². The summed E-state index contributed by atoms with van der Waals surface area (Å²) in [5, 5.41) is 3.61. The number of morpholine rings is 1. The van der Waals surface area contributed by atoms with Gasteiger partial charge in [0, 0.05) is 31.2 Å². The first-order valence-corrected chi connectivity index (χ1v) is 12.7. The maximum absolute atomic E-state index is 13.3. The first-order valence-electron chi connectivity index (χ1n) is 11.3. The predicted octanol–water partition coefficient (Wildman–Crippen LogP) is 3.25. The van der Waals surface area contributed by atoms with Gasteiger partial charge in [0.2, 0.25) is 10.0 Å². The normalized spacial score (nSPS) is 14.6. The summed E-state index contributed by atoms with van der Waals surface area (Å²) in [6.07, 6.45) is 1.68. The topological polar surface area (TPSA) is 101 Å². The molecule has 0 bridgehead atoms. The van der Waals surface area contributed by atoms with E-state index < -0.39 is 10.0 Å². The van der Waals surface area contributed by atoms with Crippen molar-refractivity contribution in [2.75, 3.05) is 26.3 Å². The van der Waals surface area contributed by atoms with Crippen LogP contribution in [0, 0.1) is 0 Å². The molecular formula is C26H24N4O4S. The lowest BCUT2D eigenvalue weighted by atomic mass is 10.1. The summed E-state index contributed by atoms with van der Waals surface area (Å²) in [6.45, 7) is 1.41. The Hall–Kier alpha value is -3.66. The van der Waals surface area contributed by atoms with E-state index in [0.717, 1.165) is 0 Å². The van der Waals surface area contributed by atoms with Gasteiger partial charge in [-0.2, -0.15) is 4.31 Å². The fraction of sp³-hybridized carbons (Fsp3) is 0.192. The Balaban J connectivity index is 1.44. The van der Waals surface area contributed by atoms with Crippen molar-refractivity contribution in [2.45, 2.75) is 11.4 Å². The maximum Gasteiger partial charge on any atom is 0.252 e. The zero-order valence-electron chi connectivity index (χ0n) is 18.9. The first kappa shape index (κ1) is 23.1. The molecule has 1 aliphatic heterocycles. The van der Waals surface area contributed by atoms with Crippen LogP contribution in [-0.2, 0) is 21.3 Å². The predicted molar refractivity (Wildman–Crippen MR) is 132 cm³/mol. The number of nitrogens with one attached hydrogen (secondary N) is 1. The SMILES string of the molecule is O=C(NCc1ccccc1S(=O)(=O)N1CCOCC1)c1cc(-c2ccccn2)nc2ccccc12. The third-order valence-corrected chi connectivity index (χ3v) is 7.89. The summed E-state index contributed by atoms with van der Waals surface area (Å²) in [4.78, 5) is 22.6. The highest BCUT2D eigenvalue weighted by Crippen LogP contribution is 2.25. The lowest BCUT2D eigenvalue weighted by Gasteiger charge is -2.27. The monoisotopic (exact) mass is 488 g/mol. The number of carbonyl (C=O) groups is 1. The average Bonchev–Trinajstić information content (AvgIpc) is 2.92. The molecule has 0 saturated carbocycles. The van der Waals surface area contributed by atoms with Gasteiger partial charge in [-0.05, 0) is 35.9 Å². The zero-order valence-corrected chi connectivity index (χ0v) is 19.7. The van der Waals surface area contributed by atoms with Gasteiger partial charge in [0.25, 0.3) is 5.91 Å². The molecule has 3 heterocycles. The molecule has 1 N–H and O–H groups in total. The standard InChI is InChI=1S/C26H24N4O4S/c31-26(21-17-24(23-10-5-6-12-27-23)29-22-9-3-2-8-20(21)22)28-18-19-7-1-4-11-25(19)35(32,33)30-13-15-34-16-14-30/h1-12,17H,13-16,18H2,(H,28,31). The number of benzene rings is 2. The molecule has 1 fully saturated rings. The van der Waals surface area contributed by atoms with Gasteiger partial charge >= 0.3 is 0 Å². The number of hydrogen-bond donors (Lipinski definition) is 1. The molecule has 4 aromatic rings. The summed E-state index contributed by atoms with van der Waals surface area (Å²) >= 11 is 0. The lowest BCUT2D eigenvalue weighted by Crippen LogP contribution is -2.41. The van der Waals surface area contributed by atoms with Crippen molar-refractivity contribution < 1.29 is 17.9 Å². The van der Waals surface area contributed by atoms with Gasteiger partial charge in [0.15, 0.2) is 0 Å². The number of rotatable bonds is 6. The van der Waals surface area contributed by atoms with Crippen molar-refractivity contribution in [1.29, 1.82) is 0 Å². The van der Waals surface area contributed by atoms with Crippen LogP contribution >= 0.6 is 0 Å². The largest absolute Gasteiger partial charge is 0.379 e. The molecular weight excluding hydrogens is 464 g/mol. The lowest BCUT2D eigenvalue weighted by molar-refractivity contribution is 0.0730. The van der Waals surface area contributed by atoms with E-state index >= 15 is 0 Å².